The second-order valence-corrected chi connectivity index (χ2v) is 8.78. The first-order valence-electron chi connectivity index (χ1n) is 10.7. The lowest BCUT2D eigenvalue weighted by atomic mass is 9.96. The molecule has 0 radical (unpaired) electrons. The van der Waals surface area contributed by atoms with Gasteiger partial charge in [-0.05, 0) is 81.4 Å². The first-order valence-corrected chi connectivity index (χ1v) is 11.1. The van der Waals surface area contributed by atoms with Crippen molar-refractivity contribution >= 4 is 17.3 Å². The Balaban J connectivity index is 1.77. The van der Waals surface area contributed by atoms with E-state index in [0.29, 0.717) is 6.04 Å². The van der Waals surface area contributed by atoms with Gasteiger partial charge >= 0.3 is 0 Å². The van der Waals surface area contributed by atoms with Gasteiger partial charge in [-0.15, -0.1) is 0 Å². The van der Waals surface area contributed by atoms with Crippen molar-refractivity contribution in [3.05, 3.63) is 82.9 Å². The Morgan fingerprint density at radius 2 is 1.87 bits per heavy atom. The fourth-order valence-corrected chi connectivity index (χ4v) is 5.04. The lowest BCUT2D eigenvalue weighted by Crippen LogP contribution is -2.29. The molecule has 1 saturated heterocycles. The predicted molar refractivity (Wildman–Crippen MR) is 128 cm³/mol. The van der Waals surface area contributed by atoms with Gasteiger partial charge in [0.1, 0.15) is 5.75 Å². The molecule has 0 aliphatic carbocycles. The highest BCUT2D eigenvalue weighted by atomic mass is 32.1. The Hall–Kier alpha value is -2.86. The van der Waals surface area contributed by atoms with E-state index in [1.165, 1.54) is 22.5 Å². The molecule has 3 aromatic rings. The van der Waals surface area contributed by atoms with Gasteiger partial charge in [0.05, 0.1) is 24.9 Å². The van der Waals surface area contributed by atoms with Gasteiger partial charge in [-0.2, -0.15) is 0 Å². The molecular weight excluding hydrogens is 404 g/mol. The molecule has 1 aliphatic rings. The lowest BCUT2D eigenvalue weighted by molar-refractivity contribution is 0.309. The molecule has 0 amide bonds. The number of hydrogen-bond donors (Lipinski definition) is 1. The van der Waals surface area contributed by atoms with Crippen LogP contribution < -0.4 is 10.1 Å². The highest BCUT2D eigenvalue weighted by molar-refractivity contribution is 7.80. The molecule has 0 unspecified atom stereocenters. The molecule has 0 bridgehead atoms. The fourth-order valence-electron chi connectivity index (χ4n) is 4.74. The smallest absolute Gasteiger partial charge is 0.170 e. The Kier molecular flexibility index (Phi) is 6.01. The average Bonchev–Trinajstić information content (AvgIpc) is 3.24. The summed E-state index contributed by atoms with van der Waals surface area (Å²) in [6.07, 6.45) is 1.85. The molecule has 0 saturated carbocycles. The Morgan fingerprint density at radius 3 is 2.45 bits per heavy atom. The number of ether oxygens (including phenoxy) is 1. The van der Waals surface area contributed by atoms with Crippen LogP contribution in [0.15, 0.2) is 54.7 Å². The number of aryl methyl sites for hydroxylation is 1. The quantitative estimate of drug-likeness (QED) is 0.536. The maximum atomic E-state index is 5.83. The molecule has 1 N–H and O–H groups in total. The normalized spacial score (nSPS) is 18.5. The van der Waals surface area contributed by atoms with Crippen molar-refractivity contribution in [1.29, 1.82) is 0 Å². The molecule has 0 spiro atoms. The summed E-state index contributed by atoms with van der Waals surface area (Å²) >= 11 is 5.83. The highest BCUT2D eigenvalue weighted by Gasteiger charge is 2.41. The summed E-state index contributed by atoms with van der Waals surface area (Å²) in [5, 5.41) is 4.31. The minimum atomic E-state index is -0.00643. The largest absolute Gasteiger partial charge is 0.497 e. The molecule has 6 heteroatoms. The molecule has 1 fully saturated rings. The minimum absolute atomic E-state index is 0.00643. The Labute approximate surface area is 190 Å². The van der Waals surface area contributed by atoms with Gasteiger partial charge in [-0.3, -0.25) is 4.98 Å². The summed E-state index contributed by atoms with van der Waals surface area (Å²) < 4.78 is 7.72. The number of thiocarbonyl (C=S) groups is 1. The van der Waals surface area contributed by atoms with Gasteiger partial charge in [-0.25, -0.2) is 0 Å². The molecule has 2 atom stereocenters. The molecule has 4 rings (SSSR count). The van der Waals surface area contributed by atoms with E-state index in [2.05, 4.69) is 71.7 Å². The minimum Gasteiger partial charge on any atom is -0.497 e. The van der Waals surface area contributed by atoms with Crippen molar-refractivity contribution in [2.75, 3.05) is 7.11 Å². The van der Waals surface area contributed by atoms with Crippen LogP contribution in [0.2, 0.25) is 0 Å². The van der Waals surface area contributed by atoms with Crippen molar-refractivity contribution < 1.29 is 4.74 Å². The predicted octanol–water partition coefficient (Wildman–Crippen LogP) is 5.26. The van der Waals surface area contributed by atoms with Crippen LogP contribution in [0, 0.1) is 13.8 Å². The number of benzene rings is 1. The maximum Gasteiger partial charge on any atom is 0.170 e. The zero-order valence-electron chi connectivity index (χ0n) is 18.8. The van der Waals surface area contributed by atoms with Gasteiger partial charge in [0.25, 0.3) is 0 Å². The molecule has 1 aromatic carbocycles. The number of nitrogens with one attached hydrogen (secondary N) is 1. The third-order valence-electron chi connectivity index (χ3n) is 6.07. The molecule has 3 heterocycles. The standard InChI is InChI=1S/C25H30N4OS/c1-16(2)29-17(3)14-21(18(29)4)24-23(22-8-6-7-13-26-22)27-25(31)28(24)15-19-9-11-20(30-5)12-10-19/h6-14,16,23-24H,15H2,1-5H3,(H,27,31)/t23-,24+/m1/s1. The third-order valence-corrected chi connectivity index (χ3v) is 6.42. The van der Waals surface area contributed by atoms with Crippen molar-refractivity contribution in [3.63, 3.8) is 0 Å². The first-order chi connectivity index (χ1) is 14.9. The van der Waals surface area contributed by atoms with Crippen molar-refractivity contribution in [2.24, 2.45) is 0 Å². The molecular formula is C25H30N4OS. The Morgan fingerprint density at radius 1 is 1.13 bits per heavy atom. The van der Waals surface area contributed by atoms with Gasteiger partial charge in [0.2, 0.25) is 0 Å². The molecule has 1 aliphatic heterocycles. The van der Waals surface area contributed by atoms with Crippen LogP contribution in [0.3, 0.4) is 0 Å². The van der Waals surface area contributed by atoms with Crippen LogP contribution in [-0.4, -0.2) is 26.7 Å². The summed E-state index contributed by atoms with van der Waals surface area (Å²) in [7, 11) is 1.69. The molecule has 5 nitrogen and oxygen atoms in total. The summed E-state index contributed by atoms with van der Waals surface area (Å²) in [5.74, 6) is 0.856. The van der Waals surface area contributed by atoms with Crippen LogP contribution in [0.25, 0.3) is 0 Å². The number of pyridine rings is 1. The molecule has 162 valence electrons. The van der Waals surface area contributed by atoms with Crippen LogP contribution in [0.1, 0.15) is 60.2 Å². The Bertz CT molecular complexity index is 1060. The number of nitrogens with zero attached hydrogens (tertiary/aromatic N) is 3. The van der Waals surface area contributed by atoms with Gasteiger partial charge in [0, 0.05) is 30.2 Å². The van der Waals surface area contributed by atoms with E-state index in [9.17, 15) is 0 Å². The average molecular weight is 435 g/mol. The SMILES string of the molecule is COc1ccc(CN2C(=S)N[C@H](c3ccccn3)[C@@H]2c2cc(C)n(C(C)C)c2C)cc1. The van der Waals surface area contributed by atoms with E-state index in [-0.39, 0.29) is 12.1 Å². The fraction of sp³-hybridized carbons (Fsp3) is 0.360. The first kappa shape index (κ1) is 21.4. The number of aromatic nitrogens is 2. The van der Waals surface area contributed by atoms with E-state index in [1.54, 1.807) is 7.11 Å². The summed E-state index contributed by atoms with van der Waals surface area (Å²) in [5.41, 5.74) is 6.03. The lowest BCUT2D eigenvalue weighted by Gasteiger charge is -2.28. The van der Waals surface area contributed by atoms with Crippen LogP contribution in [0.5, 0.6) is 5.75 Å². The summed E-state index contributed by atoms with van der Waals surface area (Å²) in [6.45, 7) is 9.57. The van der Waals surface area contributed by atoms with Crippen LogP contribution in [-0.2, 0) is 6.54 Å². The maximum absolute atomic E-state index is 5.83. The summed E-state index contributed by atoms with van der Waals surface area (Å²) in [4.78, 5) is 6.95. The zero-order chi connectivity index (χ0) is 22.1. The van der Waals surface area contributed by atoms with Crippen molar-refractivity contribution in [2.45, 2.75) is 52.4 Å². The second-order valence-electron chi connectivity index (χ2n) is 8.39. The summed E-state index contributed by atoms with van der Waals surface area (Å²) in [6, 6.07) is 17.0. The van der Waals surface area contributed by atoms with E-state index in [0.717, 1.165) is 23.1 Å². The number of methoxy groups -OCH3 is 1. The van der Waals surface area contributed by atoms with Crippen LogP contribution >= 0.6 is 12.2 Å². The van der Waals surface area contributed by atoms with Gasteiger partial charge < -0.3 is 19.5 Å². The molecule has 31 heavy (non-hydrogen) atoms. The van der Waals surface area contributed by atoms with Crippen LogP contribution in [0.4, 0.5) is 0 Å². The molecule has 2 aromatic heterocycles. The monoisotopic (exact) mass is 434 g/mol. The highest BCUT2D eigenvalue weighted by Crippen LogP contribution is 2.42. The van der Waals surface area contributed by atoms with E-state index in [1.807, 2.05) is 30.5 Å². The second kappa shape index (κ2) is 8.71. The van der Waals surface area contributed by atoms with E-state index >= 15 is 0 Å². The van der Waals surface area contributed by atoms with Gasteiger partial charge in [0.15, 0.2) is 5.11 Å². The third kappa shape index (κ3) is 4.04. The topological polar surface area (TPSA) is 42.3 Å². The van der Waals surface area contributed by atoms with Gasteiger partial charge in [-0.1, -0.05) is 18.2 Å². The number of hydrogen-bond acceptors (Lipinski definition) is 3. The van der Waals surface area contributed by atoms with Crippen molar-refractivity contribution in [3.8, 4) is 5.75 Å². The zero-order valence-corrected chi connectivity index (χ0v) is 19.6. The number of rotatable bonds is 6. The van der Waals surface area contributed by atoms with E-state index < -0.39 is 0 Å². The van der Waals surface area contributed by atoms with E-state index in [4.69, 9.17) is 17.0 Å². The van der Waals surface area contributed by atoms with Crippen molar-refractivity contribution in [1.82, 2.24) is 19.8 Å².